The fraction of sp³-hybridized carbons (Fsp3) is 0.344. The molecule has 212 valence electrons. The number of nitrogens with zero attached hydrogens (tertiary/aromatic N) is 2. The fourth-order valence-corrected chi connectivity index (χ4v) is 6.18. The Morgan fingerprint density at radius 3 is 2.59 bits per heavy atom. The Balaban J connectivity index is 1.18. The third-order valence-electron chi connectivity index (χ3n) is 8.19. The average molecular weight is 573 g/mol. The maximum absolute atomic E-state index is 13.1. The molecule has 41 heavy (non-hydrogen) atoms. The summed E-state index contributed by atoms with van der Waals surface area (Å²) in [7, 11) is 0. The summed E-state index contributed by atoms with van der Waals surface area (Å²) in [5, 5.41) is 6.83. The first-order chi connectivity index (χ1) is 19.9. The highest BCUT2D eigenvalue weighted by Crippen LogP contribution is 2.31. The number of nitrogens with one attached hydrogen (secondary N) is 2. The number of rotatable bonds is 8. The van der Waals surface area contributed by atoms with Crippen molar-refractivity contribution in [3.05, 3.63) is 100 Å². The summed E-state index contributed by atoms with van der Waals surface area (Å²) in [4.78, 5) is 41.1. The van der Waals surface area contributed by atoms with Crippen molar-refractivity contribution in [3.8, 4) is 5.75 Å². The zero-order chi connectivity index (χ0) is 28.3. The zero-order valence-electron chi connectivity index (χ0n) is 22.7. The van der Waals surface area contributed by atoms with E-state index < -0.39 is 11.9 Å². The van der Waals surface area contributed by atoms with Crippen molar-refractivity contribution in [1.29, 1.82) is 0 Å². The Labute approximate surface area is 244 Å². The molecule has 2 saturated heterocycles. The first kappa shape index (κ1) is 27.4. The Morgan fingerprint density at radius 2 is 1.78 bits per heavy atom. The van der Waals surface area contributed by atoms with Crippen LogP contribution in [0, 0.1) is 0 Å². The Hall–Kier alpha value is -3.72. The number of benzene rings is 3. The summed E-state index contributed by atoms with van der Waals surface area (Å²) in [6.07, 6.45) is 1.35. The summed E-state index contributed by atoms with van der Waals surface area (Å²) < 4.78 is 6.64. The first-order valence-corrected chi connectivity index (χ1v) is 14.5. The quantitative estimate of drug-likeness (QED) is 0.398. The van der Waals surface area contributed by atoms with Crippen LogP contribution >= 0.6 is 11.6 Å². The van der Waals surface area contributed by atoms with Crippen LogP contribution in [0.2, 0.25) is 5.02 Å². The minimum absolute atomic E-state index is 0.128. The van der Waals surface area contributed by atoms with Gasteiger partial charge >= 0.3 is 0 Å². The van der Waals surface area contributed by atoms with E-state index in [-0.39, 0.29) is 30.4 Å². The maximum Gasteiger partial charge on any atom is 0.255 e. The smallest absolute Gasteiger partial charge is 0.255 e. The van der Waals surface area contributed by atoms with E-state index in [0.29, 0.717) is 24.3 Å². The SMILES string of the molecule is O=C1CCC(N2Cc3cc(OC4CN(Cc5ccccc5Cl)CCC4NCc4ccccc4)ccc3C2=O)C(=O)N1. The molecule has 3 atom stereocenters. The summed E-state index contributed by atoms with van der Waals surface area (Å²) in [5.74, 6) is -0.200. The average Bonchev–Trinajstić information content (AvgIpc) is 3.29. The highest BCUT2D eigenvalue weighted by molar-refractivity contribution is 6.31. The molecule has 0 saturated carbocycles. The molecule has 3 aliphatic heterocycles. The van der Waals surface area contributed by atoms with Gasteiger partial charge in [0.25, 0.3) is 5.91 Å². The van der Waals surface area contributed by atoms with E-state index >= 15 is 0 Å². The number of amides is 3. The molecule has 3 aliphatic rings. The lowest BCUT2D eigenvalue weighted by Gasteiger charge is -2.39. The molecule has 2 fully saturated rings. The van der Waals surface area contributed by atoms with Crippen LogP contribution in [0.3, 0.4) is 0 Å². The number of hydrogen-bond acceptors (Lipinski definition) is 6. The number of piperidine rings is 2. The van der Waals surface area contributed by atoms with Gasteiger partial charge in [-0.15, -0.1) is 0 Å². The van der Waals surface area contributed by atoms with Crippen LogP contribution in [0.5, 0.6) is 5.75 Å². The van der Waals surface area contributed by atoms with Gasteiger partial charge in [-0.05, 0) is 53.8 Å². The van der Waals surface area contributed by atoms with Crippen molar-refractivity contribution in [2.75, 3.05) is 13.1 Å². The Morgan fingerprint density at radius 1 is 0.976 bits per heavy atom. The van der Waals surface area contributed by atoms with Gasteiger partial charge in [-0.3, -0.25) is 24.6 Å². The molecule has 3 unspecified atom stereocenters. The van der Waals surface area contributed by atoms with Crippen molar-refractivity contribution in [2.24, 2.45) is 0 Å². The van der Waals surface area contributed by atoms with E-state index in [1.165, 1.54) is 5.56 Å². The molecule has 9 heteroatoms. The second kappa shape index (κ2) is 12.0. The van der Waals surface area contributed by atoms with Gasteiger partial charge in [0.2, 0.25) is 11.8 Å². The maximum atomic E-state index is 13.1. The first-order valence-electron chi connectivity index (χ1n) is 14.1. The van der Waals surface area contributed by atoms with Crippen molar-refractivity contribution < 1.29 is 19.1 Å². The third-order valence-corrected chi connectivity index (χ3v) is 8.56. The van der Waals surface area contributed by atoms with Crippen LogP contribution in [0.25, 0.3) is 0 Å². The topological polar surface area (TPSA) is 91.0 Å². The zero-order valence-corrected chi connectivity index (χ0v) is 23.5. The molecule has 3 aromatic rings. The van der Waals surface area contributed by atoms with Crippen LogP contribution in [-0.4, -0.2) is 58.8 Å². The van der Waals surface area contributed by atoms with Crippen LogP contribution in [-0.2, 0) is 29.2 Å². The van der Waals surface area contributed by atoms with E-state index in [4.69, 9.17) is 16.3 Å². The second-order valence-electron chi connectivity index (χ2n) is 11.0. The molecule has 3 aromatic carbocycles. The molecule has 8 nitrogen and oxygen atoms in total. The molecule has 0 radical (unpaired) electrons. The van der Waals surface area contributed by atoms with Crippen LogP contribution in [0.1, 0.15) is 46.3 Å². The van der Waals surface area contributed by atoms with Gasteiger partial charge in [0.05, 0.1) is 0 Å². The number of fused-ring (bicyclic) bond motifs is 1. The van der Waals surface area contributed by atoms with E-state index in [0.717, 1.165) is 48.7 Å². The highest BCUT2D eigenvalue weighted by atomic mass is 35.5. The molecule has 0 aromatic heterocycles. The van der Waals surface area contributed by atoms with E-state index in [1.807, 2.05) is 48.5 Å². The molecule has 0 aliphatic carbocycles. The summed E-state index contributed by atoms with van der Waals surface area (Å²) in [6.45, 7) is 3.43. The number of likely N-dealkylation sites (tertiary alicyclic amines) is 1. The van der Waals surface area contributed by atoms with Gasteiger partial charge in [-0.25, -0.2) is 0 Å². The molecule has 0 spiro atoms. The number of carbonyl (C=O) groups excluding carboxylic acids is 3. The molecule has 0 bridgehead atoms. The van der Waals surface area contributed by atoms with Crippen LogP contribution < -0.4 is 15.4 Å². The number of hydrogen-bond donors (Lipinski definition) is 2. The Kier molecular flexibility index (Phi) is 8.05. The molecule has 3 heterocycles. The number of halogens is 1. The van der Waals surface area contributed by atoms with Gasteiger partial charge in [-0.2, -0.15) is 0 Å². The molecule has 3 amide bonds. The highest BCUT2D eigenvalue weighted by Gasteiger charge is 2.39. The lowest BCUT2D eigenvalue weighted by Crippen LogP contribution is -2.54. The monoisotopic (exact) mass is 572 g/mol. The van der Waals surface area contributed by atoms with E-state index in [2.05, 4.69) is 33.7 Å². The van der Waals surface area contributed by atoms with Crippen molar-refractivity contribution >= 4 is 29.3 Å². The van der Waals surface area contributed by atoms with E-state index in [1.54, 1.807) is 11.0 Å². The fourth-order valence-electron chi connectivity index (χ4n) is 5.99. The second-order valence-corrected chi connectivity index (χ2v) is 11.4. The molecular weight excluding hydrogens is 540 g/mol. The third kappa shape index (κ3) is 6.15. The van der Waals surface area contributed by atoms with Crippen molar-refractivity contribution in [2.45, 2.75) is 57.1 Å². The number of carbonyl (C=O) groups is 3. The lowest BCUT2D eigenvalue weighted by atomic mass is 10.00. The van der Waals surface area contributed by atoms with Gasteiger partial charge in [0.1, 0.15) is 17.9 Å². The number of imide groups is 1. The van der Waals surface area contributed by atoms with Gasteiger partial charge < -0.3 is 15.0 Å². The summed E-state index contributed by atoms with van der Waals surface area (Å²) >= 11 is 6.46. The molecule has 6 rings (SSSR count). The molecular formula is C32H33ClN4O4. The van der Waals surface area contributed by atoms with Gasteiger partial charge in [-0.1, -0.05) is 60.1 Å². The Bertz CT molecular complexity index is 1450. The van der Waals surface area contributed by atoms with Crippen LogP contribution in [0.15, 0.2) is 72.8 Å². The molecule has 2 N–H and O–H groups in total. The minimum atomic E-state index is -0.639. The largest absolute Gasteiger partial charge is 0.487 e. The lowest BCUT2D eigenvalue weighted by molar-refractivity contribution is -0.136. The van der Waals surface area contributed by atoms with E-state index in [9.17, 15) is 14.4 Å². The van der Waals surface area contributed by atoms with Crippen LogP contribution in [0.4, 0.5) is 0 Å². The standard InChI is InChI=1S/C32H33ClN4O4/c33-26-9-5-4-8-22(26)18-36-15-14-27(34-17-21-6-2-1-3-7-21)29(20-36)41-24-10-11-25-23(16-24)19-37(32(25)40)28-12-13-30(38)35-31(28)39/h1-11,16,27-29,34H,12-15,17-20H2,(H,35,38,39). The predicted octanol–water partition coefficient (Wildman–Crippen LogP) is 3.91. The summed E-state index contributed by atoms with van der Waals surface area (Å²) in [6, 6.07) is 23.3. The predicted molar refractivity (Wildman–Crippen MR) is 155 cm³/mol. The normalized spacial score (nSPS) is 22.9. The van der Waals surface area contributed by atoms with Gasteiger partial charge in [0, 0.05) is 55.8 Å². The summed E-state index contributed by atoms with van der Waals surface area (Å²) in [5.41, 5.74) is 3.71. The number of ether oxygens (including phenoxy) is 1. The van der Waals surface area contributed by atoms with Crippen molar-refractivity contribution in [1.82, 2.24) is 20.4 Å². The van der Waals surface area contributed by atoms with Gasteiger partial charge in [0.15, 0.2) is 0 Å². The van der Waals surface area contributed by atoms with Crippen molar-refractivity contribution in [3.63, 3.8) is 0 Å². The minimum Gasteiger partial charge on any atom is -0.487 e.